The van der Waals surface area contributed by atoms with Gasteiger partial charge in [0.15, 0.2) is 0 Å². The molecule has 1 unspecified atom stereocenters. The first-order valence-corrected chi connectivity index (χ1v) is 7.23. The summed E-state index contributed by atoms with van der Waals surface area (Å²) in [6.45, 7) is 2.07. The van der Waals surface area contributed by atoms with Crippen LogP contribution >= 0.6 is 11.3 Å². The van der Waals surface area contributed by atoms with Crippen molar-refractivity contribution in [1.29, 1.82) is 0 Å². The average Bonchev–Trinajstić information content (AvgIpc) is 2.81. The van der Waals surface area contributed by atoms with E-state index in [0.717, 1.165) is 27.6 Å². The maximum Gasteiger partial charge on any atom is 0.306 e. The molecule has 1 aliphatic carbocycles. The summed E-state index contributed by atoms with van der Waals surface area (Å²) in [4.78, 5) is 16.9. The van der Waals surface area contributed by atoms with E-state index in [1.54, 1.807) is 11.3 Å². The molecular formula is C15H15NO2S. The summed E-state index contributed by atoms with van der Waals surface area (Å²) in [5.41, 5.74) is 3.44. The summed E-state index contributed by atoms with van der Waals surface area (Å²) in [5, 5.41) is 10.1. The number of carbonyl (C=O) groups is 1. The van der Waals surface area contributed by atoms with E-state index in [2.05, 4.69) is 30.1 Å². The zero-order chi connectivity index (χ0) is 13.4. The summed E-state index contributed by atoms with van der Waals surface area (Å²) in [7, 11) is 0. The predicted octanol–water partition coefficient (Wildman–Crippen LogP) is 3.31. The molecule has 0 amide bonds. The molecule has 1 heterocycles. The number of aromatic nitrogens is 1. The first kappa shape index (κ1) is 12.4. The van der Waals surface area contributed by atoms with E-state index in [1.807, 2.05) is 6.07 Å². The van der Waals surface area contributed by atoms with Crippen molar-refractivity contribution in [2.75, 3.05) is 0 Å². The lowest BCUT2D eigenvalue weighted by atomic mass is 9.91. The summed E-state index contributed by atoms with van der Waals surface area (Å²) >= 11 is 1.64. The molecule has 1 aromatic carbocycles. The maximum atomic E-state index is 11.1. The van der Waals surface area contributed by atoms with Crippen LogP contribution in [0.2, 0.25) is 0 Å². The Morgan fingerprint density at radius 3 is 3.05 bits per heavy atom. The van der Waals surface area contributed by atoms with Gasteiger partial charge in [0, 0.05) is 10.4 Å². The zero-order valence-corrected chi connectivity index (χ0v) is 11.5. The molecule has 1 aliphatic rings. The highest BCUT2D eigenvalue weighted by Crippen LogP contribution is 2.34. The Balaban J connectivity index is 1.93. The summed E-state index contributed by atoms with van der Waals surface area (Å²) in [5.74, 6) is -0.922. The lowest BCUT2D eigenvalue weighted by molar-refractivity contribution is -0.142. The highest BCUT2D eigenvalue weighted by Gasteiger charge is 2.27. The monoisotopic (exact) mass is 273 g/mol. The minimum absolute atomic E-state index is 0.238. The molecule has 19 heavy (non-hydrogen) atoms. The summed E-state index contributed by atoms with van der Waals surface area (Å²) in [6, 6.07) is 8.29. The van der Waals surface area contributed by atoms with Gasteiger partial charge in [-0.2, -0.15) is 0 Å². The molecule has 0 saturated carbocycles. The Kier molecular flexibility index (Phi) is 3.11. The number of carboxylic acid groups (broad SMARTS) is 1. The van der Waals surface area contributed by atoms with Gasteiger partial charge < -0.3 is 5.11 Å². The maximum absolute atomic E-state index is 11.1. The smallest absolute Gasteiger partial charge is 0.306 e. The second kappa shape index (κ2) is 4.78. The number of aryl methyl sites for hydroxylation is 2. The lowest BCUT2D eigenvalue weighted by Gasteiger charge is -2.16. The van der Waals surface area contributed by atoms with Crippen molar-refractivity contribution in [3.05, 3.63) is 40.4 Å². The number of aliphatic carboxylic acids is 1. The molecule has 1 aromatic heterocycles. The molecule has 0 aliphatic heterocycles. The average molecular weight is 273 g/mol. The van der Waals surface area contributed by atoms with Crippen molar-refractivity contribution < 1.29 is 9.90 Å². The number of hydrogen-bond donors (Lipinski definition) is 1. The second-order valence-corrected chi connectivity index (χ2v) is 6.12. The molecule has 4 heteroatoms. The molecular weight excluding hydrogens is 258 g/mol. The fourth-order valence-corrected chi connectivity index (χ4v) is 3.67. The molecule has 2 aromatic rings. The quantitative estimate of drug-likeness (QED) is 0.913. The van der Waals surface area contributed by atoms with E-state index in [-0.39, 0.29) is 5.92 Å². The number of carboxylic acids is 1. The van der Waals surface area contributed by atoms with Crippen molar-refractivity contribution in [3.8, 4) is 10.6 Å². The van der Waals surface area contributed by atoms with Gasteiger partial charge in [0.2, 0.25) is 0 Å². The zero-order valence-electron chi connectivity index (χ0n) is 10.7. The van der Waals surface area contributed by atoms with Gasteiger partial charge in [-0.25, -0.2) is 4.98 Å². The number of nitrogens with zero attached hydrogens (tertiary/aromatic N) is 1. The standard InChI is InChI=1S/C15H15NO2S/c1-9-3-2-4-10(7-9)14-16-12-6-5-11(15(17)18)8-13(12)19-14/h2-4,7,11H,5-6,8H2,1H3,(H,17,18). The fourth-order valence-electron chi connectivity index (χ4n) is 2.49. The second-order valence-electron chi connectivity index (χ2n) is 5.04. The molecule has 3 rings (SSSR count). The lowest BCUT2D eigenvalue weighted by Crippen LogP contribution is -2.21. The third kappa shape index (κ3) is 2.40. The van der Waals surface area contributed by atoms with Gasteiger partial charge in [-0.3, -0.25) is 4.79 Å². The Hall–Kier alpha value is -1.68. The third-order valence-corrected chi connectivity index (χ3v) is 4.72. The predicted molar refractivity (Wildman–Crippen MR) is 75.4 cm³/mol. The van der Waals surface area contributed by atoms with E-state index in [0.29, 0.717) is 12.8 Å². The van der Waals surface area contributed by atoms with Crippen LogP contribution in [0.4, 0.5) is 0 Å². The van der Waals surface area contributed by atoms with Gasteiger partial charge in [-0.15, -0.1) is 11.3 Å². The number of fused-ring (bicyclic) bond motifs is 1. The van der Waals surface area contributed by atoms with E-state index >= 15 is 0 Å². The molecule has 3 nitrogen and oxygen atoms in total. The SMILES string of the molecule is Cc1cccc(-c2nc3c(s2)CC(C(=O)O)CC3)c1. The van der Waals surface area contributed by atoms with Gasteiger partial charge in [-0.05, 0) is 32.3 Å². The van der Waals surface area contributed by atoms with Gasteiger partial charge in [0.05, 0.1) is 11.6 Å². The van der Waals surface area contributed by atoms with Gasteiger partial charge in [0.25, 0.3) is 0 Å². The number of hydrogen-bond acceptors (Lipinski definition) is 3. The largest absolute Gasteiger partial charge is 0.481 e. The molecule has 0 bridgehead atoms. The van der Waals surface area contributed by atoms with Crippen LogP contribution in [0, 0.1) is 12.8 Å². The minimum Gasteiger partial charge on any atom is -0.481 e. The Labute approximate surface area is 115 Å². The van der Waals surface area contributed by atoms with Crippen LogP contribution in [-0.4, -0.2) is 16.1 Å². The summed E-state index contributed by atoms with van der Waals surface area (Å²) in [6.07, 6.45) is 2.13. The van der Waals surface area contributed by atoms with Crippen LogP contribution in [0.5, 0.6) is 0 Å². The highest BCUT2D eigenvalue weighted by molar-refractivity contribution is 7.15. The van der Waals surface area contributed by atoms with Crippen molar-refractivity contribution in [2.45, 2.75) is 26.2 Å². The third-order valence-electron chi connectivity index (χ3n) is 3.55. The van der Waals surface area contributed by atoms with Crippen LogP contribution in [-0.2, 0) is 17.6 Å². The molecule has 0 fully saturated rings. The molecule has 0 spiro atoms. The van der Waals surface area contributed by atoms with Crippen LogP contribution in [0.3, 0.4) is 0 Å². The molecule has 0 saturated heterocycles. The van der Waals surface area contributed by atoms with Crippen LogP contribution < -0.4 is 0 Å². The summed E-state index contributed by atoms with van der Waals surface area (Å²) < 4.78 is 0. The first-order chi connectivity index (χ1) is 9.13. The first-order valence-electron chi connectivity index (χ1n) is 6.42. The Bertz CT molecular complexity index is 633. The normalized spacial score (nSPS) is 18.1. The van der Waals surface area contributed by atoms with Crippen molar-refractivity contribution >= 4 is 17.3 Å². The Morgan fingerprint density at radius 1 is 1.47 bits per heavy atom. The van der Waals surface area contributed by atoms with Crippen molar-refractivity contribution in [1.82, 2.24) is 4.98 Å². The number of rotatable bonds is 2. The van der Waals surface area contributed by atoms with Gasteiger partial charge >= 0.3 is 5.97 Å². The van der Waals surface area contributed by atoms with E-state index in [4.69, 9.17) is 5.11 Å². The van der Waals surface area contributed by atoms with E-state index in [1.165, 1.54) is 5.56 Å². The van der Waals surface area contributed by atoms with E-state index < -0.39 is 5.97 Å². The molecule has 1 N–H and O–H groups in total. The molecule has 0 radical (unpaired) electrons. The number of thiazole rings is 1. The Morgan fingerprint density at radius 2 is 2.32 bits per heavy atom. The minimum atomic E-state index is -0.684. The topological polar surface area (TPSA) is 50.2 Å². The number of benzene rings is 1. The van der Waals surface area contributed by atoms with Crippen LogP contribution in [0.25, 0.3) is 10.6 Å². The molecule has 98 valence electrons. The van der Waals surface area contributed by atoms with E-state index in [9.17, 15) is 4.79 Å². The highest BCUT2D eigenvalue weighted by atomic mass is 32.1. The van der Waals surface area contributed by atoms with Gasteiger partial charge in [0.1, 0.15) is 5.01 Å². The van der Waals surface area contributed by atoms with Crippen molar-refractivity contribution in [2.24, 2.45) is 5.92 Å². The van der Waals surface area contributed by atoms with Gasteiger partial charge in [-0.1, -0.05) is 23.8 Å². The van der Waals surface area contributed by atoms with Crippen LogP contribution in [0.1, 0.15) is 22.6 Å². The van der Waals surface area contributed by atoms with Crippen molar-refractivity contribution in [3.63, 3.8) is 0 Å². The fraction of sp³-hybridized carbons (Fsp3) is 0.333. The molecule has 1 atom stereocenters. The van der Waals surface area contributed by atoms with Crippen LogP contribution in [0.15, 0.2) is 24.3 Å².